The van der Waals surface area contributed by atoms with E-state index in [0.717, 1.165) is 34.2 Å². The monoisotopic (exact) mass is 306 g/mol. The summed E-state index contributed by atoms with van der Waals surface area (Å²) in [6.07, 6.45) is 3.01. The first-order valence-corrected chi connectivity index (χ1v) is 7.23. The molecule has 2 nitrogen and oxygen atoms in total. The topological polar surface area (TPSA) is 16.1 Å². The minimum atomic E-state index is 0.733. The van der Waals surface area contributed by atoms with Crippen molar-refractivity contribution in [3.05, 3.63) is 21.8 Å². The molecule has 1 aliphatic rings. The molecule has 0 aromatic carbocycles. The molecule has 2 rings (SSSR count). The van der Waals surface area contributed by atoms with Crippen molar-refractivity contribution in [1.82, 2.24) is 4.98 Å². The normalized spacial score (nSPS) is 17.6. The standard InChI is InChI=1S/C10H12BrClN2S/c11-8-6-9(12)10(13-7-8)14-2-1-4-15-5-3-14/h6-7H,1-5H2. The van der Waals surface area contributed by atoms with E-state index in [4.69, 9.17) is 11.6 Å². The zero-order valence-corrected chi connectivity index (χ0v) is 11.4. The lowest BCUT2D eigenvalue weighted by atomic mass is 10.3. The van der Waals surface area contributed by atoms with Crippen molar-refractivity contribution in [2.45, 2.75) is 6.42 Å². The number of rotatable bonds is 1. The Kier molecular flexibility index (Phi) is 4.17. The van der Waals surface area contributed by atoms with Gasteiger partial charge in [-0.3, -0.25) is 0 Å². The van der Waals surface area contributed by atoms with Crippen molar-refractivity contribution in [3.63, 3.8) is 0 Å². The molecule has 0 saturated carbocycles. The van der Waals surface area contributed by atoms with Gasteiger partial charge in [-0.25, -0.2) is 4.98 Å². The van der Waals surface area contributed by atoms with Crippen molar-refractivity contribution < 1.29 is 0 Å². The van der Waals surface area contributed by atoms with E-state index in [9.17, 15) is 0 Å². The summed E-state index contributed by atoms with van der Waals surface area (Å²) < 4.78 is 0.931. The van der Waals surface area contributed by atoms with Crippen molar-refractivity contribution >= 4 is 45.1 Å². The summed E-state index contributed by atoms with van der Waals surface area (Å²) in [6, 6.07) is 1.90. The molecule has 0 aliphatic carbocycles. The van der Waals surface area contributed by atoms with Crippen molar-refractivity contribution in [1.29, 1.82) is 0 Å². The number of hydrogen-bond donors (Lipinski definition) is 0. The van der Waals surface area contributed by atoms with E-state index in [2.05, 4.69) is 25.8 Å². The summed E-state index contributed by atoms with van der Waals surface area (Å²) in [5, 5.41) is 0.733. The third kappa shape index (κ3) is 3.02. The van der Waals surface area contributed by atoms with E-state index in [1.165, 1.54) is 12.2 Å². The van der Waals surface area contributed by atoms with Crippen LogP contribution < -0.4 is 4.90 Å². The molecular formula is C10H12BrClN2S. The van der Waals surface area contributed by atoms with Gasteiger partial charge in [0, 0.05) is 29.5 Å². The fraction of sp³-hybridized carbons (Fsp3) is 0.500. The predicted molar refractivity (Wildman–Crippen MR) is 71.1 cm³/mol. The molecule has 1 aromatic rings. The van der Waals surface area contributed by atoms with E-state index in [1.807, 2.05) is 17.8 Å². The second-order valence-corrected chi connectivity index (χ2v) is 5.96. The fourth-order valence-electron chi connectivity index (χ4n) is 1.60. The molecule has 15 heavy (non-hydrogen) atoms. The Labute approximate surface area is 108 Å². The average molecular weight is 308 g/mol. The summed E-state index contributed by atoms with van der Waals surface area (Å²) in [6.45, 7) is 2.10. The highest BCUT2D eigenvalue weighted by Gasteiger charge is 2.14. The Morgan fingerprint density at radius 3 is 3.07 bits per heavy atom. The van der Waals surface area contributed by atoms with Crippen LogP contribution in [0.2, 0.25) is 5.02 Å². The van der Waals surface area contributed by atoms with E-state index in [1.54, 1.807) is 6.20 Å². The van der Waals surface area contributed by atoms with Crippen molar-refractivity contribution in [2.24, 2.45) is 0 Å². The second kappa shape index (κ2) is 5.41. The van der Waals surface area contributed by atoms with Gasteiger partial charge in [-0.05, 0) is 34.2 Å². The number of nitrogens with zero attached hydrogens (tertiary/aromatic N) is 2. The quantitative estimate of drug-likeness (QED) is 0.790. The van der Waals surface area contributed by atoms with Crippen LogP contribution in [-0.4, -0.2) is 29.6 Å². The summed E-state index contributed by atoms with van der Waals surface area (Å²) >= 11 is 11.5. The van der Waals surface area contributed by atoms with Crippen molar-refractivity contribution in [3.8, 4) is 0 Å². The van der Waals surface area contributed by atoms with Crippen LogP contribution in [0.3, 0.4) is 0 Å². The maximum absolute atomic E-state index is 6.18. The van der Waals surface area contributed by atoms with Crippen LogP contribution in [0.4, 0.5) is 5.82 Å². The van der Waals surface area contributed by atoms with Crippen LogP contribution in [0.1, 0.15) is 6.42 Å². The van der Waals surface area contributed by atoms with Gasteiger partial charge in [0.05, 0.1) is 5.02 Å². The summed E-state index contributed by atoms with van der Waals surface area (Å²) in [7, 11) is 0. The van der Waals surface area contributed by atoms with Gasteiger partial charge in [0.2, 0.25) is 0 Å². The summed E-state index contributed by atoms with van der Waals surface area (Å²) in [5.74, 6) is 3.32. The molecule has 0 amide bonds. The maximum Gasteiger partial charge on any atom is 0.147 e. The van der Waals surface area contributed by atoms with Gasteiger partial charge in [-0.2, -0.15) is 11.8 Å². The zero-order chi connectivity index (χ0) is 10.7. The van der Waals surface area contributed by atoms with Gasteiger partial charge in [-0.1, -0.05) is 11.6 Å². The predicted octanol–water partition coefficient (Wildman–Crippen LogP) is 3.44. The molecule has 0 bridgehead atoms. The van der Waals surface area contributed by atoms with Crippen LogP contribution >= 0.6 is 39.3 Å². The van der Waals surface area contributed by atoms with E-state index < -0.39 is 0 Å². The van der Waals surface area contributed by atoms with Gasteiger partial charge in [0.1, 0.15) is 5.82 Å². The highest BCUT2D eigenvalue weighted by atomic mass is 79.9. The second-order valence-electron chi connectivity index (χ2n) is 3.41. The van der Waals surface area contributed by atoms with Gasteiger partial charge in [0.25, 0.3) is 0 Å². The van der Waals surface area contributed by atoms with E-state index in [0.29, 0.717) is 0 Å². The van der Waals surface area contributed by atoms with Crippen LogP contribution in [0.25, 0.3) is 0 Å². The molecule has 0 spiro atoms. The molecular weight excluding hydrogens is 296 g/mol. The van der Waals surface area contributed by atoms with Gasteiger partial charge in [0.15, 0.2) is 0 Å². The number of anilines is 1. The molecule has 0 radical (unpaired) electrons. The first kappa shape index (κ1) is 11.6. The first-order valence-electron chi connectivity index (χ1n) is 4.91. The fourth-order valence-corrected chi connectivity index (χ4v) is 3.23. The smallest absolute Gasteiger partial charge is 0.147 e. The molecule has 5 heteroatoms. The average Bonchev–Trinajstić information content (AvgIpc) is 2.46. The minimum Gasteiger partial charge on any atom is -0.355 e. The molecule has 1 fully saturated rings. The first-order chi connectivity index (χ1) is 7.27. The Morgan fingerprint density at radius 1 is 1.40 bits per heavy atom. The lowest BCUT2D eigenvalue weighted by Crippen LogP contribution is -2.26. The Bertz CT molecular complexity index is 340. The molecule has 0 atom stereocenters. The van der Waals surface area contributed by atoms with E-state index >= 15 is 0 Å². The molecule has 2 heterocycles. The summed E-state index contributed by atoms with van der Waals surface area (Å²) in [5.41, 5.74) is 0. The Morgan fingerprint density at radius 2 is 2.27 bits per heavy atom. The SMILES string of the molecule is Clc1cc(Br)cnc1N1CCCSCC1. The molecule has 0 unspecified atom stereocenters. The largest absolute Gasteiger partial charge is 0.355 e. The maximum atomic E-state index is 6.18. The van der Waals surface area contributed by atoms with Gasteiger partial charge >= 0.3 is 0 Å². The van der Waals surface area contributed by atoms with Gasteiger partial charge < -0.3 is 4.90 Å². The van der Waals surface area contributed by atoms with E-state index in [-0.39, 0.29) is 0 Å². The molecule has 82 valence electrons. The number of pyridine rings is 1. The number of halogens is 2. The van der Waals surface area contributed by atoms with Crippen molar-refractivity contribution in [2.75, 3.05) is 29.5 Å². The zero-order valence-electron chi connectivity index (χ0n) is 8.25. The number of hydrogen-bond acceptors (Lipinski definition) is 3. The molecule has 1 aromatic heterocycles. The third-order valence-electron chi connectivity index (χ3n) is 2.31. The highest BCUT2D eigenvalue weighted by molar-refractivity contribution is 9.10. The molecule has 1 aliphatic heterocycles. The lowest BCUT2D eigenvalue weighted by Gasteiger charge is -2.21. The van der Waals surface area contributed by atoms with Crippen LogP contribution in [0, 0.1) is 0 Å². The Hall–Kier alpha value is 0.0700. The number of thioether (sulfide) groups is 1. The number of aromatic nitrogens is 1. The minimum absolute atomic E-state index is 0.733. The van der Waals surface area contributed by atoms with Crippen LogP contribution in [0.5, 0.6) is 0 Å². The third-order valence-corrected chi connectivity index (χ3v) is 4.07. The highest BCUT2D eigenvalue weighted by Crippen LogP contribution is 2.27. The van der Waals surface area contributed by atoms with Crippen LogP contribution in [0.15, 0.2) is 16.7 Å². The molecule has 0 N–H and O–H groups in total. The molecule has 1 saturated heterocycles. The summed E-state index contributed by atoms with van der Waals surface area (Å²) in [4.78, 5) is 6.65. The van der Waals surface area contributed by atoms with Gasteiger partial charge in [-0.15, -0.1) is 0 Å². The Balaban J connectivity index is 2.19. The lowest BCUT2D eigenvalue weighted by molar-refractivity contribution is 0.801. The van der Waals surface area contributed by atoms with Crippen LogP contribution in [-0.2, 0) is 0 Å².